The molecule has 1 aromatic heterocycles. The highest BCUT2D eigenvalue weighted by molar-refractivity contribution is 5.80. The summed E-state index contributed by atoms with van der Waals surface area (Å²) in [7, 11) is 0. The first-order chi connectivity index (χ1) is 11.7. The Labute approximate surface area is 139 Å². The van der Waals surface area contributed by atoms with Crippen LogP contribution in [0.4, 0.5) is 4.39 Å². The number of aromatic hydroxyl groups is 1. The lowest BCUT2D eigenvalue weighted by Gasteiger charge is -2.16. The molecule has 0 saturated carbocycles. The molecule has 0 bridgehead atoms. The van der Waals surface area contributed by atoms with E-state index in [-0.39, 0.29) is 12.5 Å². The van der Waals surface area contributed by atoms with Gasteiger partial charge in [-0.3, -0.25) is 0 Å². The van der Waals surface area contributed by atoms with Gasteiger partial charge in [0.05, 0.1) is 18.7 Å². The van der Waals surface area contributed by atoms with Crippen molar-refractivity contribution in [1.29, 1.82) is 0 Å². The number of fused-ring (bicyclic) bond motifs is 1. The predicted molar refractivity (Wildman–Crippen MR) is 89.9 cm³/mol. The molecule has 5 heteroatoms. The Hall–Kier alpha value is -2.66. The Bertz CT molecular complexity index is 795. The first-order valence-corrected chi connectivity index (χ1v) is 7.68. The van der Waals surface area contributed by atoms with Gasteiger partial charge in [0.25, 0.3) is 0 Å². The molecular weight excluding hydrogens is 309 g/mol. The van der Waals surface area contributed by atoms with Crippen molar-refractivity contribution in [1.82, 2.24) is 4.98 Å². The predicted octanol–water partition coefficient (Wildman–Crippen LogP) is 3.87. The second-order valence-corrected chi connectivity index (χ2v) is 5.42. The zero-order valence-corrected chi connectivity index (χ0v) is 13.1. The summed E-state index contributed by atoms with van der Waals surface area (Å²) >= 11 is 0. The van der Waals surface area contributed by atoms with Crippen LogP contribution in [0.1, 0.15) is 5.56 Å². The van der Waals surface area contributed by atoms with E-state index in [0.717, 1.165) is 10.9 Å². The average Bonchev–Trinajstić information content (AvgIpc) is 2.61. The summed E-state index contributed by atoms with van der Waals surface area (Å²) in [5, 5.41) is 10.3. The molecule has 0 amide bonds. The summed E-state index contributed by atoms with van der Waals surface area (Å²) in [4.78, 5) is 4.02. The van der Waals surface area contributed by atoms with Crippen molar-refractivity contribution < 1.29 is 19.0 Å². The van der Waals surface area contributed by atoms with Crippen LogP contribution in [0.2, 0.25) is 0 Å². The lowest BCUT2D eigenvalue weighted by atomic mass is 10.2. The van der Waals surface area contributed by atoms with Gasteiger partial charge in [-0.15, -0.1) is 0 Å². The second-order valence-electron chi connectivity index (χ2n) is 5.42. The van der Waals surface area contributed by atoms with Gasteiger partial charge < -0.3 is 14.6 Å². The summed E-state index contributed by atoms with van der Waals surface area (Å²) in [6.45, 7) is -0.0922. The Morgan fingerprint density at radius 1 is 1.04 bits per heavy atom. The van der Waals surface area contributed by atoms with E-state index in [9.17, 15) is 9.50 Å². The maximum atomic E-state index is 13.2. The van der Waals surface area contributed by atoms with Gasteiger partial charge >= 0.3 is 0 Å². The first kappa shape index (κ1) is 16.2. The Kier molecular flexibility index (Phi) is 5.23. The van der Waals surface area contributed by atoms with Crippen LogP contribution < -0.4 is 4.74 Å². The minimum Gasteiger partial charge on any atom is -0.493 e. The molecule has 1 N–H and O–H groups in total. The van der Waals surface area contributed by atoms with Crippen molar-refractivity contribution in [3.63, 3.8) is 0 Å². The van der Waals surface area contributed by atoms with E-state index in [1.807, 2.05) is 36.4 Å². The molecule has 3 rings (SSSR count). The molecule has 3 aromatic rings. The number of alkyl halides is 1. The smallest absolute Gasteiger partial charge is 0.211 e. The summed E-state index contributed by atoms with van der Waals surface area (Å²) in [6, 6.07) is 18.2. The molecule has 0 spiro atoms. The van der Waals surface area contributed by atoms with Crippen LogP contribution in [0.3, 0.4) is 0 Å². The highest BCUT2D eigenvalue weighted by Crippen LogP contribution is 2.22. The molecule has 124 valence electrons. The molecule has 1 unspecified atom stereocenters. The van der Waals surface area contributed by atoms with Crippen LogP contribution in [-0.2, 0) is 11.3 Å². The number of aromatic nitrogens is 1. The van der Waals surface area contributed by atoms with Crippen molar-refractivity contribution in [3.05, 3.63) is 66.2 Å². The Morgan fingerprint density at radius 2 is 1.83 bits per heavy atom. The molecule has 0 aliphatic rings. The van der Waals surface area contributed by atoms with Crippen molar-refractivity contribution in [2.45, 2.75) is 12.7 Å². The molecule has 24 heavy (non-hydrogen) atoms. The van der Waals surface area contributed by atoms with E-state index in [0.29, 0.717) is 17.9 Å². The largest absolute Gasteiger partial charge is 0.493 e. The van der Waals surface area contributed by atoms with Gasteiger partial charge in [-0.1, -0.05) is 30.3 Å². The Balaban J connectivity index is 1.60. The molecule has 0 aliphatic heterocycles. The minimum atomic E-state index is -0.691. The third-order valence-electron chi connectivity index (χ3n) is 3.54. The lowest BCUT2D eigenvalue weighted by Crippen LogP contribution is -2.25. The van der Waals surface area contributed by atoms with E-state index in [2.05, 4.69) is 4.98 Å². The fourth-order valence-electron chi connectivity index (χ4n) is 2.34. The molecule has 2 aromatic carbocycles. The quantitative estimate of drug-likeness (QED) is 0.715. The van der Waals surface area contributed by atoms with Crippen LogP contribution in [-0.4, -0.2) is 29.5 Å². The number of ether oxygens (including phenoxy) is 2. The fraction of sp³-hybridized carbons (Fsp3) is 0.211. The Morgan fingerprint density at radius 3 is 2.62 bits per heavy atom. The zero-order valence-electron chi connectivity index (χ0n) is 13.1. The number of hydrogen-bond donors (Lipinski definition) is 1. The molecule has 1 heterocycles. The number of pyridine rings is 1. The molecule has 0 fully saturated rings. The van der Waals surface area contributed by atoms with Gasteiger partial charge in [-0.05, 0) is 23.8 Å². The van der Waals surface area contributed by atoms with Crippen molar-refractivity contribution in [2.75, 3.05) is 13.3 Å². The molecule has 0 aliphatic carbocycles. The van der Waals surface area contributed by atoms with Gasteiger partial charge in [0, 0.05) is 17.5 Å². The highest BCUT2D eigenvalue weighted by atomic mass is 19.1. The molecule has 1 atom stereocenters. The average molecular weight is 327 g/mol. The molecule has 0 radical (unpaired) electrons. The molecule has 4 nitrogen and oxygen atoms in total. The maximum absolute atomic E-state index is 13.2. The highest BCUT2D eigenvalue weighted by Gasteiger charge is 2.11. The third kappa shape index (κ3) is 4.20. The van der Waals surface area contributed by atoms with Crippen molar-refractivity contribution >= 4 is 10.9 Å². The summed E-state index contributed by atoms with van der Waals surface area (Å²) in [5.74, 6) is 0.430. The van der Waals surface area contributed by atoms with E-state index in [1.165, 1.54) is 6.07 Å². The third-order valence-corrected chi connectivity index (χ3v) is 3.54. The molecular formula is C19H18FNO3. The second kappa shape index (κ2) is 7.75. The van der Waals surface area contributed by atoms with Gasteiger partial charge in [-0.2, -0.15) is 0 Å². The van der Waals surface area contributed by atoms with Gasteiger partial charge in [-0.25, -0.2) is 9.37 Å². The zero-order chi connectivity index (χ0) is 16.8. The summed E-state index contributed by atoms with van der Waals surface area (Å²) in [6.07, 6.45) is -0.691. The van der Waals surface area contributed by atoms with Gasteiger partial charge in [0.15, 0.2) is 6.10 Å². The maximum Gasteiger partial charge on any atom is 0.211 e. The van der Waals surface area contributed by atoms with Crippen LogP contribution in [0.5, 0.6) is 11.6 Å². The standard InChI is InChI=1S/C19H18FNO3/c20-11-17(13-23-12-14-4-2-1-3-5-14)24-16-8-6-15-7-9-19(22)21-18(15)10-16/h1-10,17H,11-13H2,(H,21,22). The first-order valence-electron chi connectivity index (χ1n) is 7.68. The monoisotopic (exact) mass is 327 g/mol. The van der Waals surface area contributed by atoms with Gasteiger partial charge in [0.2, 0.25) is 5.88 Å². The number of benzene rings is 2. The normalized spacial score (nSPS) is 12.2. The van der Waals surface area contributed by atoms with E-state index in [1.54, 1.807) is 18.2 Å². The van der Waals surface area contributed by atoms with Crippen molar-refractivity contribution in [3.8, 4) is 11.6 Å². The SMILES string of the molecule is Oc1ccc2ccc(OC(CF)COCc3ccccc3)cc2n1. The fourth-order valence-corrected chi connectivity index (χ4v) is 2.34. The number of hydrogen-bond acceptors (Lipinski definition) is 4. The molecule has 0 saturated heterocycles. The summed E-state index contributed by atoms with van der Waals surface area (Å²) < 4.78 is 24.3. The summed E-state index contributed by atoms with van der Waals surface area (Å²) in [5.41, 5.74) is 1.62. The van der Waals surface area contributed by atoms with Crippen LogP contribution >= 0.6 is 0 Å². The van der Waals surface area contributed by atoms with Crippen LogP contribution in [0, 0.1) is 0 Å². The topological polar surface area (TPSA) is 51.6 Å². The van der Waals surface area contributed by atoms with Gasteiger partial charge in [0.1, 0.15) is 12.4 Å². The minimum absolute atomic E-state index is 0.0621. The number of rotatable bonds is 7. The van der Waals surface area contributed by atoms with Crippen LogP contribution in [0.15, 0.2) is 60.7 Å². The number of halogens is 1. The van der Waals surface area contributed by atoms with Crippen molar-refractivity contribution in [2.24, 2.45) is 0 Å². The number of nitrogens with zero attached hydrogens (tertiary/aromatic N) is 1. The van der Waals surface area contributed by atoms with E-state index in [4.69, 9.17) is 9.47 Å². The lowest BCUT2D eigenvalue weighted by molar-refractivity contribution is 0.0298. The van der Waals surface area contributed by atoms with E-state index < -0.39 is 12.8 Å². The van der Waals surface area contributed by atoms with Crippen LogP contribution in [0.25, 0.3) is 10.9 Å². The van der Waals surface area contributed by atoms with E-state index >= 15 is 0 Å².